The van der Waals surface area contributed by atoms with Crippen LogP contribution in [-0.2, 0) is 4.79 Å². The Bertz CT molecular complexity index is 685. The maximum atomic E-state index is 12.1. The fourth-order valence-corrected chi connectivity index (χ4v) is 4.22. The Balaban J connectivity index is 1.28. The molecule has 30 heavy (non-hydrogen) atoms. The molecule has 1 saturated carbocycles. The number of piperazine rings is 1. The van der Waals surface area contributed by atoms with Gasteiger partial charge >= 0.3 is 6.03 Å². The molecule has 2 aliphatic rings. The second kappa shape index (κ2) is 11.6. The molecule has 3 rings (SSSR count). The molecule has 0 aromatic heterocycles. The lowest BCUT2D eigenvalue weighted by atomic mass is 9.89. The summed E-state index contributed by atoms with van der Waals surface area (Å²) >= 11 is 0. The molecule has 0 atom stereocenters. The molecule has 1 aliphatic carbocycles. The van der Waals surface area contributed by atoms with E-state index in [1.165, 1.54) is 32.1 Å². The number of urea groups is 1. The predicted molar refractivity (Wildman–Crippen MR) is 118 cm³/mol. The number of hydrogen-bond donors (Lipinski definition) is 3. The third-order valence-electron chi connectivity index (χ3n) is 6.04. The highest BCUT2D eigenvalue weighted by molar-refractivity contribution is 5.81. The molecule has 0 radical (unpaired) electrons. The van der Waals surface area contributed by atoms with Crippen LogP contribution in [0.2, 0.25) is 0 Å². The van der Waals surface area contributed by atoms with Crippen LogP contribution in [0, 0.1) is 5.92 Å². The van der Waals surface area contributed by atoms with Crippen molar-refractivity contribution >= 4 is 17.6 Å². The average molecular weight is 418 g/mol. The zero-order valence-corrected chi connectivity index (χ0v) is 18.0. The van der Waals surface area contributed by atoms with Crippen LogP contribution in [0.1, 0.15) is 38.5 Å². The largest absolute Gasteiger partial charge is 0.495 e. The number of benzene rings is 1. The standard InChI is InChI=1S/C22H35N5O3/c1-30-20-10-6-5-9-19(20)27-15-13-26(14-16-27)12-11-21(28)24-25-22(29)23-17-18-7-3-2-4-8-18/h5-6,9-10,18H,2-4,7-8,11-17H2,1H3,(H,24,28)(H2,23,25,29). The van der Waals surface area contributed by atoms with Crippen molar-refractivity contribution in [1.82, 2.24) is 21.1 Å². The number of hydrazine groups is 1. The third kappa shape index (κ3) is 6.79. The Morgan fingerprint density at radius 2 is 1.77 bits per heavy atom. The Morgan fingerprint density at radius 3 is 2.50 bits per heavy atom. The summed E-state index contributed by atoms with van der Waals surface area (Å²) in [6.07, 6.45) is 6.51. The van der Waals surface area contributed by atoms with E-state index in [4.69, 9.17) is 4.74 Å². The van der Waals surface area contributed by atoms with Crippen molar-refractivity contribution in [1.29, 1.82) is 0 Å². The van der Waals surface area contributed by atoms with E-state index in [2.05, 4.69) is 32.0 Å². The first-order chi connectivity index (χ1) is 14.7. The summed E-state index contributed by atoms with van der Waals surface area (Å²) in [7, 11) is 1.69. The predicted octanol–water partition coefficient (Wildman–Crippen LogP) is 2.12. The zero-order valence-electron chi connectivity index (χ0n) is 18.0. The van der Waals surface area contributed by atoms with Gasteiger partial charge in [-0.05, 0) is 30.9 Å². The lowest BCUT2D eigenvalue weighted by Crippen LogP contribution is -2.50. The molecule has 1 heterocycles. The van der Waals surface area contributed by atoms with Crippen LogP contribution in [0.5, 0.6) is 5.75 Å². The molecular formula is C22H35N5O3. The number of ether oxygens (including phenoxy) is 1. The van der Waals surface area contributed by atoms with Gasteiger partial charge in [0.1, 0.15) is 5.75 Å². The molecule has 1 aromatic carbocycles. The van der Waals surface area contributed by atoms with E-state index < -0.39 is 0 Å². The molecule has 166 valence electrons. The number of para-hydroxylation sites is 2. The quantitative estimate of drug-likeness (QED) is 0.592. The van der Waals surface area contributed by atoms with E-state index in [9.17, 15) is 9.59 Å². The van der Waals surface area contributed by atoms with Crippen LogP contribution >= 0.6 is 0 Å². The molecule has 3 N–H and O–H groups in total. The fourth-order valence-electron chi connectivity index (χ4n) is 4.22. The smallest absolute Gasteiger partial charge is 0.333 e. The highest BCUT2D eigenvalue weighted by Gasteiger charge is 2.20. The van der Waals surface area contributed by atoms with E-state index >= 15 is 0 Å². The molecule has 0 unspecified atom stereocenters. The fraction of sp³-hybridized carbons (Fsp3) is 0.636. The van der Waals surface area contributed by atoms with Gasteiger partial charge in [-0.1, -0.05) is 31.4 Å². The van der Waals surface area contributed by atoms with Gasteiger partial charge in [-0.15, -0.1) is 0 Å². The topological polar surface area (TPSA) is 85.9 Å². The molecule has 1 aromatic rings. The zero-order chi connectivity index (χ0) is 21.2. The minimum Gasteiger partial charge on any atom is -0.495 e. The van der Waals surface area contributed by atoms with Crippen LogP contribution < -0.4 is 25.8 Å². The van der Waals surface area contributed by atoms with Gasteiger partial charge in [0, 0.05) is 45.7 Å². The molecule has 0 spiro atoms. The lowest BCUT2D eigenvalue weighted by Gasteiger charge is -2.36. The number of rotatable bonds is 7. The summed E-state index contributed by atoms with van der Waals surface area (Å²) in [6.45, 7) is 4.92. The number of anilines is 1. The minimum atomic E-state index is -0.334. The van der Waals surface area contributed by atoms with Gasteiger partial charge in [0.05, 0.1) is 12.8 Å². The van der Waals surface area contributed by atoms with Gasteiger partial charge in [-0.25, -0.2) is 10.2 Å². The second-order valence-corrected chi connectivity index (χ2v) is 8.14. The van der Waals surface area contributed by atoms with Crippen molar-refractivity contribution in [2.24, 2.45) is 5.92 Å². The number of hydrogen-bond acceptors (Lipinski definition) is 5. The summed E-state index contributed by atoms with van der Waals surface area (Å²) in [6, 6.07) is 7.71. The van der Waals surface area contributed by atoms with Gasteiger partial charge in [-0.3, -0.25) is 15.1 Å². The van der Waals surface area contributed by atoms with Gasteiger partial charge < -0.3 is 15.0 Å². The third-order valence-corrected chi connectivity index (χ3v) is 6.04. The average Bonchev–Trinajstić information content (AvgIpc) is 2.81. The summed E-state index contributed by atoms with van der Waals surface area (Å²) in [5.41, 5.74) is 6.08. The van der Waals surface area contributed by atoms with E-state index in [0.29, 0.717) is 25.4 Å². The molecular weight excluding hydrogens is 382 g/mol. The molecule has 1 saturated heterocycles. The molecule has 8 heteroatoms. The highest BCUT2D eigenvalue weighted by atomic mass is 16.5. The van der Waals surface area contributed by atoms with Crippen LogP contribution in [0.15, 0.2) is 24.3 Å². The number of amides is 3. The van der Waals surface area contributed by atoms with Crippen LogP contribution in [-0.4, -0.2) is 63.2 Å². The van der Waals surface area contributed by atoms with Gasteiger partial charge in [0.15, 0.2) is 0 Å². The first-order valence-corrected chi connectivity index (χ1v) is 11.1. The monoisotopic (exact) mass is 417 g/mol. The van der Waals surface area contributed by atoms with Crippen molar-refractivity contribution in [2.75, 3.05) is 51.3 Å². The Labute approximate surface area is 179 Å². The lowest BCUT2D eigenvalue weighted by molar-refractivity contribution is -0.122. The van der Waals surface area contributed by atoms with Crippen molar-refractivity contribution in [3.05, 3.63) is 24.3 Å². The first-order valence-electron chi connectivity index (χ1n) is 11.1. The SMILES string of the molecule is COc1ccccc1N1CCN(CCC(=O)NNC(=O)NCC2CCCCC2)CC1. The Hall–Kier alpha value is -2.48. The minimum absolute atomic E-state index is 0.171. The van der Waals surface area contributed by atoms with Gasteiger partial charge in [0.2, 0.25) is 5.91 Å². The van der Waals surface area contributed by atoms with E-state index in [-0.39, 0.29) is 11.9 Å². The summed E-state index contributed by atoms with van der Waals surface area (Å²) in [4.78, 5) is 28.5. The molecule has 8 nitrogen and oxygen atoms in total. The first kappa shape index (κ1) is 22.2. The number of carbonyl (C=O) groups is 2. The van der Waals surface area contributed by atoms with Crippen LogP contribution in [0.3, 0.4) is 0 Å². The molecule has 1 aliphatic heterocycles. The van der Waals surface area contributed by atoms with Crippen molar-refractivity contribution < 1.29 is 14.3 Å². The Kier molecular flexibility index (Phi) is 8.62. The maximum Gasteiger partial charge on any atom is 0.333 e. The second-order valence-electron chi connectivity index (χ2n) is 8.14. The molecule has 0 bridgehead atoms. The normalized spacial score (nSPS) is 18.0. The molecule has 2 fully saturated rings. The Morgan fingerprint density at radius 1 is 1.03 bits per heavy atom. The van der Waals surface area contributed by atoms with Crippen LogP contribution in [0.25, 0.3) is 0 Å². The number of nitrogens with one attached hydrogen (secondary N) is 3. The summed E-state index contributed by atoms with van der Waals surface area (Å²) in [5, 5.41) is 2.85. The number of nitrogens with zero attached hydrogens (tertiary/aromatic N) is 2. The van der Waals surface area contributed by atoms with Crippen molar-refractivity contribution in [3.8, 4) is 5.75 Å². The van der Waals surface area contributed by atoms with Gasteiger partial charge in [0.25, 0.3) is 0 Å². The number of carbonyl (C=O) groups excluding carboxylic acids is 2. The van der Waals surface area contributed by atoms with Crippen molar-refractivity contribution in [2.45, 2.75) is 38.5 Å². The van der Waals surface area contributed by atoms with Crippen LogP contribution in [0.4, 0.5) is 10.5 Å². The highest BCUT2D eigenvalue weighted by Crippen LogP contribution is 2.28. The van der Waals surface area contributed by atoms with Gasteiger partial charge in [-0.2, -0.15) is 0 Å². The van der Waals surface area contributed by atoms with E-state index in [1.807, 2.05) is 18.2 Å². The van der Waals surface area contributed by atoms with E-state index in [0.717, 1.165) is 37.6 Å². The molecule has 3 amide bonds. The number of methoxy groups -OCH3 is 1. The van der Waals surface area contributed by atoms with E-state index in [1.54, 1.807) is 7.11 Å². The summed E-state index contributed by atoms with van der Waals surface area (Å²) in [5.74, 6) is 1.28. The maximum absolute atomic E-state index is 12.1. The van der Waals surface area contributed by atoms with Crippen molar-refractivity contribution in [3.63, 3.8) is 0 Å². The summed E-state index contributed by atoms with van der Waals surface area (Å²) < 4.78 is 5.45.